The highest BCUT2D eigenvalue weighted by Crippen LogP contribution is 2.24. The van der Waals surface area contributed by atoms with Crippen LogP contribution in [-0.4, -0.2) is 21.3 Å². The van der Waals surface area contributed by atoms with E-state index < -0.39 is 11.5 Å². The zero-order valence-electron chi connectivity index (χ0n) is 10.9. The van der Waals surface area contributed by atoms with Crippen molar-refractivity contribution >= 4 is 5.97 Å². The molecule has 0 spiro atoms. The van der Waals surface area contributed by atoms with Gasteiger partial charge in [0.15, 0.2) is 5.56 Å². The molecule has 3 N–H and O–H groups in total. The third-order valence-corrected chi connectivity index (χ3v) is 3.37. The molecule has 2 aromatic rings. The van der Waals surface area contributed by atoms with Crippen molar-refractivity contribution < 1.29 is 9.90 Å². The first kappa shape index (κ1) is 13.1. The lowest BCUT2D eigenvalue weighted by Crippen LogP contribution is -2.12. The predicted molar refractivity (Wildman–Crippen MR) is 72.5 cm³/mol. The van der Waals surface area contributed by atoms with Gasteiger partial charge in [-0.2, -0.15) is 0 Å². The molecule has 2 rings (SSSR count). The fraction of sp³-hybridized carbons (Fsp3) is 0.286. The molecule has 1 aromatic heterocycles. The quantitative estimate of drug-likeness (QED) is 0.789. The van der Waals surface area contributed by atoms with E-state index in [0.29, 0.717) is 17.2 Å². The molecule has 0 fully saturated rings. The molecule has 100 valence electrons. The maximum Gasteiger partial charge on any atom is 0.343 e. The van der Waals surface area contributed by atoms with Crippen molar-refractivity contribution in [3.8, 4) is 11.3 Å². The molecule has 0 aliphatic rings. The van der Waals surface area contributed by atoms with Crippen LogP contribution < -0.4 is 5.56 Å². The van der Waals surface area contributed by atoms with Gasteiger partial charge in [-0.1, -0.05) is 38.1 Å². The number of H-pyrrole nitrogens is 2. The Hall–Kier alpha value is -2.30. The van der Waals surface area contributed by atoms with Gasteiger partial charge in [-0.3, -0.25) is 15.0 Å². The first-order valence-corrected chi connectivity index (χ1v) is 6.18. The van der Waals surface area contributed by atoms with Crippen LogP contribution in [0.1, 0.15) is 42.1 Å². The maximum atomic E-state index is 11.4. The maximum absolute atomic E-state index is 11.4. The Balaban J connectivity index is 2.43. The van der Waals surface area contributed by atoms with Crippen molar-refractivity contribution in [2.45, 2.75) is 26.2 Å². The fourth-order valence-corrected chi connectivity index (χ4v) is 1.99. The minimum atomic E-state index is -1.23. The summed E-state index contributed by atoms with van der Waals surface area (Å²) in [6.45, 7) is 4.25. The van der Waals surface area contributed by atoms with Crippen molar-refractivity contribution in [2.24, 2.45) is 0 Å². The van der Waals surface area contributed by atoms with E-state index in [-0.39, 0.29) is 5.56 Å². The molecule has 0 saturated heterocycles. The Labute approximate surface area is 110 Å². The number of benzene rings is 1. The van der Waals surface area contributed by atoms with E-state index in [9.17, 15) is 9.59 Å². The highest BCUT2D eigenvalue weighted by Gasteiger charge is 2.18. The van der Waals surface area contributed by atoms with Gasteiger partial charge < -0.3 is 5.11 Å². The molecule has 0 amide bonds. The van der Waals surface area contributed by atoms with Crippen LogP contribution >= 0.6 is 0 Å². The Morgan fingerprint density at radius 3 is 2.42 bits per heavy atom. The van der Waals surface area contributed by atoms with E-state index >= 15 is 0 Å². The molecule has 0 saturated carbocycles. The Kier molecular flexibility index (Phi) is 3.55. The zero-order valence-corrected chi connectivity index (χ0v) is 10.9. The number of aromatic carboxylic acids is 1. The van der Waals surface area contributed by atoms with Crippen LogP contribution in [0.4, 0.5) is 0 Å². The highest BCUT2D eigenvalue weighted by molar-refractivity contribution is 5.94. The summed E-state index contributed by atoms with van der Waals surface area (Å²) in [5.41, 5.74) is 1.32. The Morgan fingerprint density at radius 2 is 1.89 bits per heavy atom. The average Bonchev–Trinajstić information content (AvgIpc) is 2.80. The molecule has 1 unspecified atom stereocenters. The minimum absolute atomic E-state index is 0.253. The van der Waals surface area contributed by atoms with E-state index in [1.807, 2.05) is 24.3 Å². The van der Waals surface area contributed by atoms with Crippen molar-refractivity contribution in [1.29, 1.82) is 0 Å². The molecule has 0 aliphatic carbocycles. The number of carboxylic acid groups (broad SMARTS) is 1. The molecule has 19 heavy (non-hydrogen) atoms. The Morgan fingerprint density at radius 1 is 1.26 bits per heavy atom. The number of hydrogen-bond acceptors (Lipinski definition) is 2. The minimum Gasteiger partial charge on any atom is -0.477 e. The number of carbonyl (C=O) groups is 1. The van der Waals surface area contributed by atoms with Gasteiger partial charge in [-0.25, -0.2) is 4.79 Å². The predicted octanol–water partition coefficient (Wildman–Crippen LogP) is 2.58. The second-order valence-electron chi connectivity index (χ2n) is 4.57. The van der Waals surface area contributed by atoms with E-state index in [2.05, 4.69) is 24.0 Å². The van der Waals surface area contributed by atoms with Crippen LogP contribution in [0.2, 0.25) is 0 Å². The standard InChI is InChI=1S/C14H16N2O3/c1-3-8(2)9-4-6-10(7-5-9)12-11(14(18)19)13(17)16-15-12/h4-8H,3H2,1-2H3,(H,18,19)(H2,15,16,17). The van der Waals surface area contributed by atoms with E-state index in [1.165, 1.54) is 5.56 Å². The van der Waals surface area contributed by atoms with Crippen LogP contribution in [0.5, 0.6) is 0 Å². The summed E-state index contributed by atoms with van der Waals surface area (Å²) in [6.07, 6.45) is 1.04. The summed E-state index contributed by atoms with van der Waals surface area (Å²) < 4.78 is 0. The topological polar surface area (TPSA) is 86.0 Å². The average molecular weight is 260 g/mol. The second-order valence-corrected chi connectivity index (χ2v) is 4.57. The molecule has 1 aromatic carbocycles. The summed E-state index contributed by atoms with van der Waals surface area (Å²) in [5.74, 6) is -0.776. The molecule has 1 atom stereocenters. The molecule has 1 heterocycles. The lowest BCUT2D eigenvalue weighted by atomic mass is 9.96. The summed E-state index contributed by atoms with van der Waals surface area (Å²) in [6, 6.07) is 7.57. The fourth-order valence-electron chi connectivity index (χ4n) is 1.99. The summed E-state index contributed by atoms with van der Waals surface area (Å²) in [5, 5.41) is 14.0. The lowest BCUT2D eigenvalue weighted by molar-refractivity contribution is 0.0696. The van der Waals surface area contributed by atoms with Gasteiger partial charge in [-0.15, -0.1) is 0 Å². The molecule has 0 aliphatic heterocycles. The van der Waals surface area contributed by atoms with E-state index in [0.717, 1.165) is 6.42 Å². The normalized spacial score (nSPS) is 12.3. The van der Waals surface area contributed by atoms with Gasteiger partial charge in [-0.05, 0) is 17.9 Å². The number of aromatic amines is 2. The van der Waals surface area contributed by atoms with Gasteiger partial charge in [0.1, 0.15) is 0 Å². The van der Waals surface area contributed by atoms with Crippen LogP contribution in [0.3, 0.4) is 0 Å². The number of hydrogen-bond donors (Lipinski definition) is 3. The van der Waals surface area contributed by atoms with Crippen LogP contribution in [0.25, 0.3) is 11.3 Å². The van der Waals surface area contributed by atoms with Crippen molar-refractivity contribution in [2.75, 3.05) is 0 Å². The Bertz CT molecular complexity index is 637. The number of carboxylic acids is 1. The monoisotopic (exact) mass is 260 g/mol. The van der Waals surface area contributed by atoms with E-state index in [1.54, 1.807) is 0 Å². The van der Waals surface area contributed by atoms with Crippen molar-refractivity contribution in [1.82, 2.24) is 10.2 Å². The van der Waals surface area contributed by atoms with E-state index in [4.69, 9.17) is 5.11 Å². The summed E-state index contributed by atoms with van der Waals surface area (Å²) in [7, 11) is 0. The van der Waals surface area contributed by atoms with Gasteiger partial charge >= 0.3 is 5.97 Å². The largest absolute Gasteiger partial charge is 0.477 e. The number of nitrogens with one attached hydrogen (secondary N) is 2. The molecule has 5 heteroatoms. The lowest BCUT2D eigenvalue weighted by Gasteiger charge is -2.09. The highest BCUT2D eigenvalue weighted by atomic mass is 16.4. The summed E-state index contributed by atoms with van der Waals surface area (Å²) in [4.78, 5) is 22.5. The SMILES string of the molecule is CCC(C)c1ccc(-c2[nH][nH]c(=O)c2C(=O)O)cc1. The number of aromatic nitrogens is 2. The zero-order chi connectivity index (χ0) is 14.0. The third-order valence-electron chi connectivity index (χ3n) is 3.37. The molecule has 0 bridgehead atoms. The van der Waals surface area contributed by atoms with Gasteiger partial charge in [0.05, 0.1) is 5.69 Å². The molecular formula is C14H16N2O3. The molecular weight excluding hydrogens is 244 g/mol. The molecule has 5 nitrogen and oxygen atoms in total. The van der Waals surface area contributed by atoms with Crippen LogP contribution in [0.15, 0.2) is 29.1 Å². The van der Waals surface area contributed by atoms with Gasteiger partial charge in [0.2, 0.25) is 0 Å². The summed E-state index contributed by atoms with van der Waals surface area (Å²) >= 11 is 0. The first-order chi connectivity index (χ1) is 9.04. The van der Waals surface area contributed by atoms with Crippen LogP contribution in [-0.2, 0) is 0 Å². The van der Waals surface area contributed by atoms with Gasteiger partial charge in [0, 0.05) is 5.56 Å². The molecule has 0 radical (unpaired) electrons. The first-order valence-electron chi connectivity index (χ1n) is 6.18. The van der Waals surface area contributed by atoms with Crippen molar-refractivity contribution in [3.05, 3.63) is 45.7 Å². The van der Waals surface area contributed by atoms with Gasteiger partial charge in [0.25, 0.3) is 5.56 Å². The van der Waals surface area contributed by atoms with Crippen LogP contribution in [0, 0.1) is 0 Å². The third kappa shape index (κ3) is 2.45. The second kappa shape index (κ2) is 5.14. The number of rotatable bonds is 4. The smallest absolute Gasteiger partial charge is 0.343 e. The van der Waals surface area contributed by atoms with Crippen molar-refractivity contribution in [3.63, 3.8) is 0 Å².